The molecule has 1 aromatic rings. The predicted molar refractivity (Wildman–Crippen MR) is 101 cm³/mol. The SMILES string of the molecule is CCC(O)OC(OP(=O)(CCCCc1ccccc1)OC(C)=O)C(C)C. The summed E-state index contributed by atoms with van der Waals surface area (Å²) in [5.41, 5.74) is 1.20. The highest BCUT2D eigenvalue weighted by Gasteiger charge is 2.33. The van der Waals surface area contributed by atoms with Crippen LogP contribution in [0, 0.1) is 5.92 Å². The van der Waals surface area contributed by atoms with E-state index in [1.54, 1.807) is 6.92 Å². The largest absolute Gasteiger partial charge is 0.392 e. The fourth-order valence-electron chi connectivity index (χ4n) is 2.31. The minimum atomic E-state index is -3.66. The molecule has 6 nitrogen and oxygen atoms in total. The van der Waals surface area contributed by atoms with E-state index in [0.29, 0.717) is 12.8 Å². The zero-order valence-corrected chi connectivity index (χ0v) is 17.0. The second-order valence-electron chi connectivity index (χ2n) is 6.58. The molecular weight excluding hydrogens is 355 g/mol. The first kappa shape index (κ1) is 22.8. The Hall–Kier alpha value is -1.20. The molecule has 0 spiro atoms. The molecule has 0 aliphatic heterocycles. The van der Waals surface area contributed by atoms with E-state index < -0.39 is 26.1 Å². The lowest BCUT2D eigenvalue weighted by Gasteiger charge is -2.28. The maximum atomic E-state index is 13.0. The number of carbonyl (C=O) groups is 1. The zero-order chi connectivity index (χ0) is 19.6. The molecule has 26 heavy (non-hydrogen) atoms. The maximum Gasteiger partial charge on any atom is 0.383 e. The highest BCUT2D eigenvalue weighted by molar-refractivity contribution is 7.54. The minimum Gasteiger partial charge on any atom is -0.392 e. The Bertz CT molecular complexity index is 575. The Morgan fingerprint density at radius 3 is 2.38 bits per heavy atom. The fraction of sp³-hybridized carbons (Fsp3) is 0.632. The topological polar surface area (TPSA) is 82.1 Å². The first-order valence-corrected chi connectivity index (χ1v) is 10.8. The van der Waals surface area contributed by atoms with Gasteiger partial charge in [-0.25, -0.2) is 4.57 Å². The van der Waals surface area contributed by atoms with Gasteiger partial charge in [-0.2, -0.15) is 0 Å². The highest BCUT2D eigenvalue weighted by Crippen LogP contribution is 2.51. The van der Waals surface area contributed by atoms with Crippen LogP contribution in [0.25, 0.3) is 0 Å². The van der Waals surface area contributed by atoms with Crippen molar-refractivity contribution in [2.24, 2.45) is 5.92 Å². The Morgan fingerprint density at radius 1 is 1.19 bits per heavy atom. The van der Waals surface area contributed by atoms with E-state index >= 15 is 0 Å². The first-order valence-electron chi connectivity index (χ1n) is 9.11. The van der Waals surface area contributed by atoms with Crippen LogP contribution in [0.3, 0.4) is 0 Å². The van der Waals surface area contributed by atoms with E-state index in [0.717, 1.165) is 12.8 Å². The molecule has 0 radical (unpaired) electrons. The van der Waals surface area contributed by atoms with Gasteiger partial charge in [0.1, 0.15) is 0 Å². The third-order valence-corrected chi connectivity index (χ3v) is 5.64. The minimum absolute atomic E-state index is 0.119. The molecule has 7 heteroatoms. The van der Waals surface area contributed by atoms with Crippen molar-refractivity contribution in [2.75, 3.05) is 6.16 Å². The molecule has 0 amide bonds. The number of aliphatic hydroxyl groups is 1. The lowest BCUT2D eigenvalue weighted by Crippen LogP contribution is -2.29. The van der Waals surface area contributed by atoms with Gasteiger partial charge in [0.2, 0.25) is 0 Å². The number of ether oxygens (including phenoxy) is 1. The van der Waals surface area contributed by atoms with Crippen molar-refractivity contribution in [2.45, 2.75) is 66.0 Å². The van der Waals surface area contributed by atoms with Crippen molar-refractivity contribution < 1.29 is 28.3 Å². The molecule has 3 atom stereocenters. The molecule has 148 valence electrons. The standard InChI is InChI=1S/C19H31O6P/c1-5-18(21)23-19(15(2)3)25-26(22,24-16(4)20)14-10-9-13-17-11-7-6-8-12-17/h6-8,11-12,15,18-19,21H,5,9-10,13-14H2,1-4H3. The van der Waals surface area contributed by atoms with Gasteiger partial charge < -0.3 is 14.4 Å². The lowest BCUT2D eigenvalue weighted by molar-refractivity contribution is -0.214. The van der Waals surface area contributed by atoms with Crippen molar-refractivity contribution in [3.8, 4) is 0 Å². The van der Waals surface area contributed by atoms with Crippen LogP contribution in [-0.2, 0) is 29.6 Å². The van der Waals surface area contributed by atoms with Crippen molar-refractivity contribution in [1.29, 1.82) is 0 Å². The van der Waals surface area contributed by atoms with E-state index in [4.69, 9.17) is 13.8 Å². The van der Waals surface area contributed by atoms with Crippen LogP contribution in [0.4, 0.5) is 0 Å². The maximum absolute atomic E-state index is 13.0. The molecule has 0 aliphatic carbocycles. The van der Waals surface area contributed by atoms with Crippen molar-refractivity contribution >= 4 is 13.6 Å². The third kappa shape index (κ3) is 8.95. The third-order valence-electron chi connectivity index (χ3n) is 3.71. The summed E-state index contributed by atoms with van der Waals surface area (Å²) in [4.78, 5) is 11.4. The Balaban J connectivity index is 2.65. The van der Waals surface area contributed by atoms with Gasteiger partial charge in [0.25, 0.3) is 0 Å². The molecule has 0 saturated carbocycles. The van der Waals surface area contributed by atoms with Gasteiger partial charge in [0.15, 0.2) is 12.6 Å². The van der Waals surface area contributed by atoms with Gasteiger partial charge in [-0.15, -0.1) is 0 Å². The van der Waals surface area contributed by atoms with Crippen LogP contribution in [0.1, 0.15) is 52.5 Å². The molecule has 0 aliphatic rings. The van der Waals surface area contributed by atoms with Gasteiger partial charge in [0.05, 0.1) is 6.16 Å². The predicted octanol–water partition coefficient (Wildman–Crippen LogP) is 4.51. The summed E-state index contributed by atoms with van der Waals surface area (Å²) in [5.74, 6) is -0.820. The summed E-state index contributed by atoms with van der Waals surface area (Å²) >= 11 is 0. The van der Waals surface area contributed by atoms with Gasteiger partial charge in [0, 0.05) is 12.8 Å². The van der Waals surface area contributed by atoms with Crippen molar-refractivity contribution in [3.05, 3.63) is 35.9 Å². The highest BCUT2D eigenvalue weighted by atomic mass is 31.2. The summed E-state index contributed by atoms with van der Waals surface area (Å²) in [6.45, 7) is 6.60. The molecule has 1 rings (SSSR count). The van der Waals surface area contributed by atoms with Crippen LogP contribution in [0.2, 0.25) is 0 Å². The second-order valence-corrected chi connectivity index (χ2v) is 8.64. The van der Waals surface area contributed by atoms with Crippen molar-refractivity contribution in [1.82, 2.24) is 0 Å². The smallest absolute Gasteiger partial charge is 0.383 e. The Morgan fingerprint density at radius 2 is 1.85 bits per heavy atom. The van der Waals surface area contributed by atoms with Gasteiger partial charge in [-0.1, -0.05) is 51.1 Å². The molecule has 1 N–H and O–H groups in total. The van der Waals surface area contributed by atoms with E-state index in [9.17, 15) is 14.5 Å². The van der Waals surface area contributed by atoms with Crippen LogP contribution < -0.4 is 0 Å². The van der Waals surface area contributed by atoms with Crippen LogP contribution in [0.15, 0.2) is 30.3 Å². The van der Waals surface area contributed by atoms with Crippen LogP contribution in [0.5, 0.6) is 0 Å². The number of rotatable bonds is 12. The lowest BCUT2D eigenvalue weighted by atomic mass is 10.1. The first-order chi connectivity index (χ1) is 12.3. The number of hydrogen-bond acceptors (Lipinski definition) is 6. The molecule has 0 fully saturated rings. The second kappa shape index (κ2) is 11.5. The average Bonchev–Trinajstić information content (AvgIpc) is 2.58. The molecular formula is C19H31O6P. The number of aliphatic hydroxyl groups excluding tert-OH is 1. The molecule has 1 aromatic carbocycles. The number of aryl methyl sites for hydroxylation is 1. The van der Waals surface area contributed by atoms with Gasteiger partial charge >= 0.3 is 13.6 Å². The summed E-state index contributed by atoms with van der Waals surface area (Å²) in [6, 6.07) is 9.99. The van der Waals surface area contributed by atoms with Gasteiger partial charge in [-0.05, 0) is 31.2 Å². The summed E-state index contributed by atoms with van der Waals surface area (Å²) in [7, 11) is -3.66. The van der Waals surface area contributed by atoms with E-state index in [1.807, 2.05) is 44.2 Å². The van der Waals surface area contributed by atoms with Crippen LogP contribution in [-0.4, -0.2) is 29.8 Å². The number of benzene rings is 1. The average molecular weight is 386 g/mol. The number of unbranched alkanes of at least 4 members (excludes halogenated alkanes) is 1. The quantitative estimate of drug-likeness (QED) is 0.323. The van der Waals surface area contributed by atoms with Crippen molar-refractivity contribution in [3.63, 3.8) is 0 Å². The monoisotopic (exact) mass is 386 g/mol. The Labute approximate surface area is 156 Å². The molecule has 0 saturated heterocycles. The molecule has 3 unspecified atom stereocenters. The Kier molecular flexibility index (Phi) is 10.1. The summed E-state index contributed by atoms with van der Waals surface area (Å²) < 4.78 is 29.0. The van der Waals surface area contributed by atoms with Crippen LogP contribution >= 0.6 is 7.60 Å². The molecule has 0 bridgehead atoms. The summed E-state index contributed by atoms with van der Waals surface area (Å²) in [6.07, 6.45) is 0.787. The van der Waals surface area contributed by atoms with Gasteiger partial charge in [-0.3, -0.25) is 9.32 Å². The summed E-state index contributed by atoms with van der Waals surface area (Å²) in [5, 5.41) is 9.70. The number of carbonyl (C=O) groups excluding carboxylic acids is 1. The van der Waals surface area contributed by atoms with E-state index in [2.05, 4.69) is 0 Å². The zero-order valence-electron chi connectivity index (χ0n) is 16.1. The van der Waals surface area contributed by atoms with E-state index in [1.165, 1.54) is 12.5 Å². The molecule has 0 heterocycles. The fourth-order valence-corrected chi connectivity index (χ4v) is 4.16. The number of hydrogen-bond donors (Lipinski definition) is 1. The normalized spacial score (nSPS) is 16.1. The van der Waals surface area contributed by atoms with E-state index in [-0.39, 0.29) is 12.1 Å². The molecule has 0 aromatic heterocycles.